The molecule has 0 aliphatic carbocycles. The van der Waals surface area contributed by atoms with Crippen molar-refractivity contribution in [1.29, 1.82) is 0 Å². The van der Waals surface area contributed by atoms with Crippen LogP contribution in [0.25, 0.3) is 10.9 Å². The topological polar surface area (TPSA) is 42.0 Å². The van der Waals surface area contributed by atoms with Crippen molar-refractivity contribution in [2.75, 3.05) is 5.32 Å². The fraction of sp³-hybridized carbons (Fsp3) is 0.0588. The van der Waals surface area contributed by atoms with Gasteiger partial charge in [0.05, 0.1) is 11.9 Å². The number of benzene rings is 2. The quantitative estimate of drug-likeness (QED) is 0.777. The number of carbonyl (C=O) groups is 1. The number of hydrogen-bond donors (Lipinski definition) is 1. The Labute approximate surface area is 131 Å². The van der Waals surface area contributed by atoms with E-state index >= 15 is 0 Å². The molecule has 0 unspecified atom stereocenters. The van der Waals surface area contributed by atoms with Crippen LogP contribution in [0.3, 0.4) is 0 Å². The van der Waals surface area contributed by atoms with E-state index in [0.29, 0.717) is 6.42 Å². The number of nitrogens with one attached hydrogen (secondary N) is 1. The van der Waals surface area contributed by atoms with Crippen LogP contribution in [0.5, 0.6) is 0 Å². The highest BCUT2D eigenvalue weighted by atomic mass is 79.9. The maximum Gasteiger partial charge on any atom is 0.228 e. The van der Waals surface area contributed by atoms with Gasteiger partial charge in [-0.1, -0.05) is 40.2 Å². The van der Waals surface area contributed by atoms with Crippen molar-refractivity contribution in [3.63, 3.8) is 0 Å². The number of hydrogen-bond acceptors (Lipinski definition) is 2. The number of nitrogens with zero attached hydrogens (tertiary/aromatic N) is 1. The molecule has 1 N–H and O–H groups in total. The normalized spacial score (nSPS) is 10.5. The van der Waals surface area contributed by atoms with E-state index in [1.807, 2.05) is 54.6 Å². The summed E-state index contributed by atoms with van der Waals surface area (Å²) in [5, 5.41) is 3.94. The van der Waals surface area contributed by atoms with Gasteiger partial charge >= 0.3 is 0 Å². The minimum Gasteiger partial charge on any atom is -0.326 e. The summed E-state index contributed by atoms with van der Waals surface area (Å²) in [6, 6.07) is 17.3. The van der Waals surface area contributed by atoms with Gasteiger partial charge in [0.15, 0.2) is 0 Å². The molecule has 0 aliphatic rings. The molecule has 0 aliphatic heterocycles. The zero-order valence-corrected chi connectivity index (χ0v) is 12.8. The summed E-state index contributed by atoms with van der Waals surface area (Å²) in [6.45, 7) is 0. The van der Waals surface area contributed by atoms with Crippen LogP contribution in [-0.2, 0) is 11.2 Å². The lowest BCUT2D eigenvalue weighted by Gasteiger charge is -2.07. The minimum absolute atomic E-state index is 0.0459. The van der Waals surface area contributed by atoms with Crippen LogP contribution in [0.1, 0.15) is 5.56 Å². The third-order valence-electron chi connectivity index (χ3n) is 3.20. The maximum absolute atomic E-state index is 12.2. The molecule has 0 bridgehead atoms. The monoisotopic (exact) mass is 340 g/mol. The maximum atomic E-state index is 12.2. The van der Waals surface area contributed by atoms with E-state index in [1.54, 1.807) is 6.20 Å². The summed E-state index contributed by atoms with van der Waals surface area (Å²) in [7, 11) is 0. The fourth-order valence-electron chi connectivity index (χ4n) is 2.22. The number of carbonyl (C=O) groups excluding carboxylic acids is 1. The summed E-state index contributed by atoms with van der Waals surface area (Å²) < 4.78 is 0.985. The molecule has 0 saturated heterocycles. The van der Waals surface area contributed by atoms with Crippen LogP contribution in [0.2, 0.25) is 0 Å². The molecule has 4 heteroatoms. The highest BCUT2D eigenvalue weighted by molar-refractivity contribution is 9.10. The first-order valence-corrected chi connectivity index (χ1v) is 7.40. The van der Waals surface area contributed by atoms with Crippen molar-refractivity contribution in [2.45, 2.75) is 6.42 Å². The summed E-state index contributed by atoms with van der Waals surface area (Å²) in [5.74, 6) is -0.0459. The van der Waals surface area contributed by atoms with Crippen molar-refractivity contribution >= 4 is 38.4 Å². The van der Waals surface area contributed by atoms with E-state index in [2.05, 4.69) is 26.2 Å². The Balaban J connectivity index is 1.79. The molecule has 3 aromatic rings. The van der Waals surface area contributed by atoms with Gasteiger partial charge in [-0.2, -0.15) is 0 Å². The van der Waals surface area contributed by atoms with Gasteiger partial charge in [-0.05, 0) is 35.9 Å². The van der Waals surface area contributed by atoms with Gasteiger partial charge in [-0.3, -0.25) is 9.78 Å². The Bertz CT molecular complexity index is 779. The number of para-hydroxylation sites is 1. The summed E-state index contributed by atoms with van der Waals surface area (Å²) in [5.41, 5.74) is 2.60. The van der Waals surface area contributed by atoms with Crippen LogP contribution in [0, 0.1) is 0 Å². The smallest absolute Gasteiger partial charge is 0.228 e. The first-order valence-electron chi connectivity index (χ1n) is 6.60. The zero-order valence-electron chi connectivity index (χ0n) is 11.2. The second-order valence-electron chi connectivity index (χ2n) is 4.72. The van der Waals surface area contributed by atoms with Gasteiger partial charge in [0.1, 0.15) is 0 Å². The minimum atomic E-state index is -0.0459. The highest BCUT2D eigenvalue weighted by Crippen LogP contribution is 2.18. The van der Waals surface area contributed by atoms with Crippen molar-refractivity contribution in [2.24, 2.45) is 0 Å². The lowest BCUT2D eigenvalue weighted by molar-refractivity contribution is -0.115. The largest absolute Gasteiger partial charge is 0.326 e. The SMILES string of the molecule is O=C(Cc1cccc2cccnc12)Nc1ccc(Br)cc1. The molecule has 1 amide bonds. The average molecular weight is 341 g/mol. The van der Waals surface area contributed by atoms with E-state index in [4.69, 9.17) is 0 Å². The average Bonchev–Trinajstić information content (AvgIpc) is 2.50. The number of rotatable bonds is 3. The molecule has 1 heterocycles. The van der Waals surface area contributed by atoms with Gasteiger partial charge in [0.2, 0.25) is 5.91 Å². The molecule has 21 heavy (non-hydrogen) atoms. The van der Waals surface area contributed by atoms with Crippen LogP contribution in [0.15, 0.2) is 65.3 Å². The second-order valence-corrected chi connectivity index (χ2v) is 5.64. The highest BCUT2D eigenvalue weighted by Gasteiger charge is 2.08. The molecule has 3 rings (SSSR count). The Kier molecular flexibility index (Phi) is 3.97. The van der Waals surface area contributed by atoms with E-state index in [-0.39, 0.29) is 5.91 Å². The first-order chi connectivity index (χ1) is 10.2. The van der Waals surface area contributed by atoms with Gasteiger partial charge in [0, 0.05) is 21.7 Å². The van der Waals surface area contributed by atoms with Crippen LogP contribution < -0.4 is 5.32 Å². The molecular weight excluding hydrogens is 328 g/mol. The first kappa shape index (κ1) is 13.8. The molecule has 104 valence electrons. The Hall–Kier alpha value is -2.20. The third-order valence-corrected chi connectivity index (χ3v) is 3.72. The molecular formula is C17H13BrN2O. The molecule has 0 spiro atoms. The predicted octanol–water partition coefficient (Wildman–Crippen LogP) is 4.18. The Morgan fingerprint density at radius 3 is 2.62 bits per heavy atom. The van der Waals surface area contributed by atoms with Gasteiger partial charge in [0.25, 0.3) is 0 Å². The lowest BCUT2D eigenvalue weighted by Crippen LogP contribution is -2.14. The summed E-state index contributed by atoms with van der Waals surface area (Å²) in [6.07, 6.45) is 2.06. The standard InChI is InChI=1S/C17H13BrN2O/c18-14-6-8-15(9-7-14)20-16(21)11-13-4-1-3-12-5-2-10-19-17(12)13/h1-10H,11H2,(H,20,21). The van der Waals surface area contributed by atoms with Gasteiger partial charge in [-0.15, -0.1) is 0 Å². The van der Waals surface area contributed by atoms with Gasteiger partial charge in [-0.25, -0.2) is 0 Å². The number of halogens is 1. The van der Waals surface area contributed by atoms with Crippen LogP contribution >= 0.6 is 15.9 Å². The zero-order chi connectivity index (χ0) is 14.7. The van der Waals surface area contributed by atoms with Crippen LogP contribution in [0.4, 0.5) is 5.69 Å². The third kappa shape index (κ3) is 3.28. The van der Waals surface area contributed by atoms with E-state index in [0.717, 1.165) is 26.6 Å². The molecule has 0 radical (unpaired) electrons. The second kappa shape index (κ2) is 6.06. The fourth-order valence-corrected chi connectivity index (χ4v) is 2.49. The molecule has 2 aromatic carbocycles. The molecule has 0 atom stereocenters. The number of anilines is 1. The van der Waals surface area contributed by atoms with Crippen LogP contribution in [-0.4, -0.2) is 10.9 Å². The summed E-state index contributed by atoms with van der Waals surface area (Å²) in [4.78, 5) is 16.5. The van der Waals surface area contributed by atoms with E-state index in [9.17, 15) is 4.79 Å². The number of aromatic nitrogens is 1. The molecule has 3 nitrogen and oxygen atoms in total. The van der Waals surface area contributed by atoms with E-state index in [1.165, 1.54) is 0 Å². The number of amides is 1. The lowest BCUT2D eigenvalue weighted by atomic mass is 10.1. The van der Waals surface area contributed by atoms with Crippen molar-refractivity contribution in [3.05, 3.63) is 70.8 Å². The van der Waals surface area contributed by atoms with Crippen molar-refractivity contribution in [3.8, 4) is 0 Å². The van der Waals surface area contributed by atoms with Crippen molar-refractivity contribution in [1.82, 2.24) is 4.98 Å². The molecule has 0 saturated carbocycles. The Morgan fingerprint density at radius 1 is 1.05 bits per heavy atom. The molecule has 0 fully saturated rings. The van der Waals surface area contributed by atoms with Gasteiger partial charge < -0.3 is 5.32 Å². The molecule has 1 aromatic heterocycles. The predicted molar refractivity (Wildman–Crippen MR) is 88.2 cm³/mol. The number of fused-ring (bicyclic) bond motifs is 1. The Morgan fingerprint density at radius 2 is 1.81 bits per heavy atom. The van der Waals surface area contributed by atoms with Crippen molar-refractivity contribution < 1.29 is 4.79 Å². The van der Waals surface area contributed by atoms with E-state index < -0.39 is 0 Å². The number of pyridine rings is 1. The summed E-state index contributed by atoms with van der Waals surface area (Å²) >= 11 is 3.37.